The molecule has 1 aliphatic heterocycles. The Morgan fingerprint density at radius 1 is 1.52 bits per heavy atom. The number of aromatic nitrogens is 2. The molecular weight excluding hydrogens is 292 g/mol. The van der Waals surface area contributed by atoms with Crippen molar-refractivity contribution >= 4 is 29.3 Å². The van der Waals surface area contributed by atoms with Crippen molar-refractivity contribution in [2.75, 3.05) is 29.9 Å². The summed E-state index contributed by atoms with van der Waals surface area (Å²) in [5.74, 6) is 0.718. The van der Waals surface area contributed by atoms with Crippen molar-refractivity contribution in [3.05, 3.63) is 11.4 Å². The van der Waals surface area contributed by atoms with Crippen molar-refractivity contribution in [3.63, 3.8) is 0 Å². The van der Waals surface area contributed by atoms with E-state index in [2.05, 4.69) is 15.5 Å². The molecule has 0 aromatic carbocycles. The number of H-pyrrole nitrogens is 1. The molecular formula is C13H20N4O3S. The van der Waals surface area contributed by atoms with Crippen molar-refractivity contribution < 1.29 is 14.7 Å². The van der Waals surface area contributed by atoms with Crippen molar-refractivity contribution in [1.29, 1.82) is 0 Å². The van der Waals surface area contributed by atoms with Gasteiger partial charge in [-0.05, 0) is 13.8 Å². The zero-order chi connectivity index (χ0) is 15.4. The lowest BCUT2D eigenvalue weighted by molar-refractivity contribution is -0.138. The van der Waals surface area contributed by atoms with Gasteiger partial charge in [0.05, 0.1) is 30.0 Å². The Morgan fingerprint density at radius 3 is 2.90 bits per heavy atom. The van der Waals surface area contributed by atoms with Gasteiger partial charge in [0, 0.05) is 24.1 Å². The summed E-state index contributed by atoms with van der Waals surface area (Å²) in [6.45, 7) is 4.62. The number of nitrogens with one attached hydrogen (secondary N) is 2. The Labute approximate surface area is 127 Å². The molecule has 2 rings (SSSR count). The van der Waals surface area contributed by atoms with Crippen LogP contribution in [0, 0.1) is 13.8 Å². The van der Waals surface area contributed by atoms with Gasteiger partial charge in [-0.2, -0.15) is 16.9 Å². The van der Waals surface area contributed by atoms with Crippen LogP contribution in [0.15, 0.2) is 0 Å². The summed E-state index contributed by atoms with van der Waals surface area (Å²) < 4.78 is 0. The largest absolute Gasteiger partial charge is 0.481 e. The third-order valence-corrected chi connectivity index (χ3v) is 4.59. The third kappa shape index (κ3) is 4.21. The molecule has 1 fully saturated rings. The molecule has 1 atom stereocenters. The van der Waals surface area contributed by atoms with Crippen molar-refractivity contribution in [3.8, 4) is 0 Å². The number of carboxylic acids is 1. The van der Waals surface area contributed by atoms with Crippen LogP contribution in [0.3, 0.4) is 0 Å². The van der Waals surface area contributed by atoms with Gasteiger partial charge >= 0.3 is 5.97 Å². The highest BCUT2D eigenvalue weighted by atomic mass is 32.2. The smallest absolute Gasteiger partial charge is 0.304 e. The second-order valence-corrected chi connectivity index (χ2v) is 6.30. The third-order valence-electron chi connectivity index (χ3n) is 3.50. The fourth-order valence-corrected chi connectivity index (χ4v) is 3.52. The van der Waals surface area contributed by atoms with E-state index < -0.39 is 5.97 Å². The number of carbonyl (C=O) groups is 2. The minimum absolute atomic E-state index is 0.0735. The molecule has 1 amide bonds. The van der Waals surface area contributed by atoms with E-state index in [1.165, 1.54) is 0 Å². The maximum absolute atomic E-state index is 12.2. The number of hydrogen-bond donors (Lipinski definition) is 3. The van der Waals surface area contributed by atoms with E-state index in [0.29, 0.717) is 5.69 Å². The fraction of sp³-hybridized carbons (Fsp3) is 0.615. The van der Waals surface area contributed by atoms with Crippen LogP contribution in [0.4, 0.5) is 5.69 Å². The number of nitrogens with zero attached hydrogens (tertiary/aromatic N) is 2. The van der Waals surface area contributed by atoms with Crippen molar-refractivity contribution in [2.24, 2.45) is 0 Å². The van der Waals surface area contributed by atoms with Gasteiger partial charge in [0.15, 0.2) is 0 Å². The number of carboxylic acid groups (broad SMARTS) is 1. The topological polar surface area (TPSA) is 98.3 Å². The highest BCUT2D eigenvalue weighted by molar-refractivity contribution is 7.99. The number of hydrogen-bond acceptors (Lipinski definition) is 5. The van der Waals surface area contributed by atoms with Gasteiger partial charge in [0.1, 0.15) is 0 Å². The van der Waals surface area contributed by atoms with Gasteiger partial charge in [0.25, 0.3) is 0 Å². The number of thioether (sulfide) groups is 1. The SMILES string of the molecule is Cc1n[nH]c(C)c1NC(=O)CN1CCSCC1CC(=O)O. The highest BCUT2D eigenvalue weighted by Gasteiger charge is 2.26. The zero-order valence-corrected chi connectivity index (χ0v) is 13.0. The van der Waals surface area contributed by atoms with Crippen LogP contribution >= 0.6 is 11.8 Å². The number of aromatic amines is 1. The molecule has 3 N–H and O–H groups in total. The number of aryl methyl sites for hydroxylation is 2. The maximum Gasteiger partial charge on any atom is 0.304 e. The Hall–Kier alpha value is -1.54. The molecule has 2 heterocycles. The number of amides is 1. The minimum atomic E-state index is -0.825. The van der Waals surface area contributed by atoms with E-state index in [9.17, 15) is 9.59 Å². The number of rotatable bonds is 5. The van der Waals surface area contributed by atoms with E-state index in [1.807, 2.05) is 18.7 Å². The minimum Gasteiger partial charge on any atom is -0.481 e. The first-order valence-corrected chi connectivity index (χ1v) is 7.98. The number of aliphatic carboxylic acids is 1. The molecule has 0 radical (unpaired) electrons. The Bertz CT molecular complexity index is 512. The van der Waals surface area contributed by atoms with Crippen LogP contribution in [-0.4, -0.2) is 62.7 Å². The van der Waals surface area contributed by atoms with Crippen LogP contribution in [0.1, 0.15) is 17.8 Å². The molecule has 0 aliphatic carbocycles. The fourth-order valence-electron chi connectivity index (χ4n) is 2.39. The van der Waals surface area contributed by atoms with E-state index in [-0.39, 0.29) is 24.9 Å². The molecule has 116 valence electrons. The number of carbonyl (C=O) groups excluding carboxylic acids is 1. The quantitative estimate of drug-likeness (QED) is 0.746. The Balaban J connectivity index is 1.95. The first kappa shape index (κ1) is 15.8. The van der Waals surface area contributed by atoms with Crippen LogP contribution in [0.5, 0.6) is 0 Å². The normalized spacial score (nSPS) is 19.4. The molecule has 1 aromatic heterocycles. The standard InChI is InChI=1S/C13H20N4O3S/c1-8-13(9(2)16-15-8)14-11(18)6-17-3-4-21-7-10(17)5-12(19)20/h10H,3-7H2,1-2H3,(H,14,18)(H,15,16)(H,19,20). The summed E-state index contributed by atoms with van der Waals surface area (Å²) >= 11 is 1.73. The van der Waals surface area contributed by atoms with Gasteiger partial charge in [-0.3, -0.25) is 19.6 Å². The molecule has 0 saturated carbocycles. The second-order valence-electron chi connectivity index (χ2n) is 5.15. The summed E-state index contributed by atoms with van der Waals surface area (Å²) in [7, 11) is 0. The average molecular weight is 312 g/mol. The molecule has 8 heteroatoms. The molecule has 1 aliphatic rings. The summed E-state index contributed by atoms with van der Waals surface area (Å²) in [4.78, 5) is 25.0. The van der Waals surface area contributed by atoms with Gasteiger partial charge in [0.2, 0.25) is 5.91 Å². The molecule has 1 saturated heterocycles. The van der Waals surface area contributed by atoms with E-state index in [1.54, 1.807) is 11.8 Å². The molecule has 0 bridgehead atoms. The van der Waals surface area contributed by atoms with E-state index in [0.717, 1.165) is 29.4 Å². The predicted octanol–water partition coefficient (Wildman–Crippen LogP) is 0.857. The van der Waals surface area contributed by atoms with Crippen LogP contribution < -0.4 is 5.32 Å². The van der Waals surface area contributed by atoms with Crippen molar-refractivity contribution in [1.82, 2.24) is 15.1 Å². The first-order chi connectivity index (χ1) is 9.97. The van der Waals surface area contributed by atoms with Gasteiger partial charge in [-0.15, -0.1) is 0 Å². The Kier molecular flexibility index (Phi) is 5.24. The summed E-state index contributed by atoms with van der Waals surface area (Å²) in [6.07, 6.45) is 0.0735. The van der Waals surface area contributed by atoms with Crippen LogP contribution in [0.2, 0.25) is 0 Å². The summed E-state index contributed by atoms with van der Waals surface area (Å²) in [5, 5.41) is 18.7. The maximum atomic E-state index is 12.2. The molecule has 7 nitrogen and oxygen atoms in total. The average Bonchev–Trinajstić information content (AvgIpc) is 2.72. The van der Waals surface area contributed by atoms with Gasteiger partial charge in [-0.1, -0.05) is 0 Å². The Morgan fingerprint density at radius 2 is 2.29 bits per heavy atom. The predicted molar refractivity (Wildman–Crippen MR) is 81.6 cm³/mol. The zero-order valence-electron chi connectivity index (χ0n) is 12.2. The molecule has 0 spiro atoms. The lowest BCUT2D eigenvalue weighted by atomic mass is 10.2. The molecule has 1 unspecified atom stereocenters. The molecule has 21 heavy (non-hydrogen) atoms. The van der Waals surface area contributed by atoms with Gasteiger partial charge < -0.3 is 10.4 Å². The lowest BCUT2D eigenvalue weighted by Crippen LogP contribution is -2.47. The highest BCUT2D eigenvalue weighted by Crippen LogP contribution is 2.20. The summed E-state index contributed by atoms with van der Waals surface area (Å²) in [6, 6.07) is -0.0847. The van der Waals surface area contributed by atoms with Crippen LogP contribution in [0.25, 0.3) is 0 Å². The van der Waals surface area contributed by atoms with Crippen LogP contribution in [-0.2, 0) is 9.59 Å². The van der Waals surface area contributed by atoms with Crippen molar-refractivity contribution in [2.45, 2.75) is 26.3 Å². The monoisotopic (exact) mass is 312 g/mol. The molecule has 1 aromatic rings. The second kappa shape index (κ2) is 6.95. The number of anilines is 1. The van der Waals surface area contributed by atoms with Gasteiger partial charge in [-0.25, -0.2) is 0 Å². The lowest BCUT2D eigenvalue weighted by Gasteiger charge is -2.33. The summed E-state index contributed by atoms with van der Waals surface area (Å²) in [5.41, 5.74) is 2.27. The van der Waals surface area contributed by atoms with E-state index >= 15 is 0 Å². The van der Waals surface area contributed by atoms with E-state index in [4.69, 9.17) is 5.11 Å². The first-order valence-electron chi connectivity index (χ1n) is 6.82.